The second-order valence-electron chi connectivity index (χ2n) is 7.32. The number of aromatic nitrogens is 1. The minimum absolute atomic E-state index is 0.0420. The van der Waals surface area contributed by atoms with Crippen LogP contribution in [0, 0.1) is 6.92 Å². The molecule has 0 radical (unpaired) electrons. The molecule has 1 fully saturated rings. The second-order valence-corrected chi connectivity index (χ2v) is 9.58. The summed E-state index contributed by atoms with van der Waals surface area (Å²) < 4.78 is 7.43. The molecule has 28 heavy (non-hydrogen) atoms. The number of pyridine rings is 1. The van der Waals surface area contributed by atoms with Crippen molar-refractivity contribution in [3.8, 4) is 11.3 Å². The Bertz CT molecular complexity index is 1050. The van der Waals surface area contributed by atoms with Crippen LogP contribution in [-0.4, -0.2) is 26.8 Å². The average molecular weight is 454 g/mol. The van der Waals surface area contributed by atoms with Gasteiger partial charge in [0.1, 0.15) is 23.6 Å². The van der Waals surface area contributed by atoms with Crippen LogP contribution < -0.4 is 0 Å². The average Bonchev–Trinajstić information content (AvgIpc) is 3.36. The van der Waals surface area contributed by atoms with Crippen molar-refractivity contribution in [3.05, 3.63) is 76.2 Å². The van der Waals surface area contributed by atoms with Crippen LogP contribution in [0.4, 0.5) is 0 Å². The first-order valence-corrected chi connectivity index (χ1v) is 11.1. The van der Waals surface area contributed by atoms with Gasteiger partial charge in [-0.05, 0) is 48.9 Å². The van der Waals surface area contributed by atoms with Crippen LogP contribution in [0.5, 0.6) is 0 Å². The number of aliphatic imine (C=N–C) groups is 1. The third-order valence-electron chi connectivity index (χ3n) is 5.19. The third-order valence-corrected chi connectivity index (χ3v) is 6.95. The van der Waals surface area contributed by atoms with Crippen molar-refractivity contribution in [2.75, 3.05) is 6.54 Å². The maximum Gasteiger partial charge on any atom is 0.161 e. The molecule has 0 unspecified atom stereocenters. The zero-order chi connectivity index (χ0) is 19.3. The van der Waals surface area contributed by atoms with E-state index in [9.17, 15) is 0 Å². The number of fused-ring (bicyclic) bond motifs is 1. The van der Waals surface area contributed by atoms with Gasteiger partial charge in [-0.2, -0.15) is 0 Å². The lowest BCUT2D eigenvalue weighted by atomic mass is 10.0. The summed E-state index contributed by atoms with van der Waals surface area (Å²) in [7, 11) is 0. The molecule has 1 saturated heterocycles. The lowest BCUT2D eigenvalue weighted by molar-refractivity contribution is 0.277. The van der Waals surface area contributed by atoms with E-state index in [1.807, 2.05) is 30.1 Å². The van der Waals surface area contributed by atoms with E-state index in [1.54, 1.807) is 0 Å². The first-order chi connectivity index (χ1) is 13.6. The summed E-state index contributed by atoms with van der Waals surface area (Å²) >= 11 is 5.51. The molecule has 6 heteroatoms. The van der Waals surface area contributed by atoms with Crippen LogP contribution >= 0.6 is 27.7 Å². The van der Waals surface area contributed by atoms with Gasteiger partial charge in [0.05, 0.1) is 5.69 Å². The maximum atomic E-state index is 6.39. The Hall–Kier alpha value is -2.05. The highest BCUT2D eigenvalue weighted by atomic mass is 79.9. The number of hydrogen-bond acceptors (Lipinski definition) is 5. The van der Waals surface area contributed by atoms with E-state index in [-0.39, 0.29) is 12.1 Å². The van der Waals surface area contributed by atoms with Gasteiger partial charge in [-0.3, -0.25) is 4.98 Å². The lowest BCUT2D eigenvalue weighted by Gasteiger charge is -2.25. The molecule has 3 atom stereocenters. The second kappa shape index (κ2) is 7.08. The van der Waals surface area contributed by atoms with Gasteiger partial charge in [-0.1, -0.05) is 46.7 Å². The first kappa shape index (κ1) is 18.0. The SMILES string of the molecule is Cc1ccc(-c2ccc([C@@H]3[C@H](c4ccccn4)N=C4S[C@@H](C)CN43)o2)c(Br)c1. The number of nitrogens with zero attached hydrogens (tertiary/aromatic N) is 3. The fraction of sp³-hybridized carbons (Fsp3) is 0.273. The Morgan fingerprint density at radius 2 is 2.07 bits per heavy atom. The van der Waals surface area contributed by atoms with Crippen LogP contribution in [-0.2, 0) is 0 Å². The van der Waals surface area contributed by atoms with Gasteiger partial charge in [-0.15, -0.1) is 0 Å². The van der Waals surface area contributed by atoms with Gasteiger partial charge in [-0.25, -0.2) is 4.99 Å². The molecule has 142 valence electrons. The monoisotopic (exact) mass is 453 g/mol. The summed E-state index contributed by atoms with van der Waals surface area (Å²) in [6.07, 6.45) is 1.84. The highest BCUT2D eigenvalue weighted by molar-refractivity contribution is 9.10. The van der Waals surface area contributed by atoms with Crippen molar-refractivity contribution < 1.29 is 4.42 Å². The summed E-state index contributed by atoms with van der Waals surface area (Å²) in [5.41, 5.74) is 3.26. The maximum absolute atomic E-state index is 6.39. The van der Waals surface area contributed by atoms with Crippen molar-refractivity contribution in [2.24, 2.45) is 4.99 Å². The number of amidine groups is 1. The molecule has 0 spiro atoms. The van der Waals surface area contributed by atoms with Crippen LogP contribution in [0.1, 0.15) is 36.0 Å². The van der Waals surface area contributed by atoms with Crippen molar-refractivity contribution in [2.45, 2.75) is 31.2 Å². The van der Waals surface area contributed by atoms with Crippen LogP contribution in [0.2, 0.25) is 0 Å². The quantitative estimate of drug-likeness (QED) is 0.487. The topological polar surface area (TPSA) is 41.6 Å². The van der Waals surface area contributed by atoms with E-state index in [4.69, 9.17) is 9.41 Å². The number of furan rings is 1. The standard InChI is InChI=1S/C22H20BrN3OS/c1-13-6-7-15(16(23)11-13)18-8-9-19(27-18)21-20(17-5-3-4-10-24-17)25-22-26(21)12-14(2)28-22/h3-11,14,20-21H,12H2,1-2H3/t14-,20-,21+/m0/s1. The fourth-order valence-electron chi connectivity index (χ4n) is 3.90. The number of halogens is 1. The molecule has 4 heterocycles. The molecular weight excluding hydrogens is 434 g/mol. The molecule has 0 N–H and O–H groups in total. The molecule has 2 aliphatic heterocycles. The number of thioether (sulfide) groups is 1. The smallest absolute Gasteiger partial charge is 0.161 e. The normalized spacial score (nSPS) is 23.8. The minimum Gasteiger partial charge on any atom is -0.459 e. The van der Waals surface area contributed by atoms with E-state index < -0.39 is 0 Å². The first-order valence-electron chi connectivity index (χ1n) is 9.38. The van der Waals surface area contributed by atoms with E-state index in [0.717, 1.165) is 39.0 Å². The lowest BCUT2D eigenvalue weighted by Crippen LogP contribution is -2.28. The Morgan fingerprint density at radius 1 is 1.18 bits per heavy atom. The van der Waals surface area contributed by atoms with E-state index in [1.165, 1.54) is 5.56 Å². The van der Waals surface area contributed by atoms with Gasteiger partial charge in [0, 0.05) is 28.0 Å². The Kier molecular flexibility index (Phi) is 4.56. The number of hydrogen-bond donors (Lipinski definition) is 0. The van der Waals surface area contributed by atoms with Crippen molar-refractivity contribution in [3.63, 3.8) is 0 Å². The molecule has 0 saturated carbocycles. The van der Waals surface area contributed by atoms with Crippen LogP contribution in [0.25, 0.3) is 11.3 Å². The summed E-state index contributed by atoms with van der Waals surface area (Å²) in [4.78, 5) is 12.0. The van der Waals surface area contributed by atoms with E-state index in [0.29, 0.717) is 5.25 Å². The summed E-state index contributed by atoms with van der Waals surface area (Å²) in [5.74, 6) is 1.81. The molecule has 0 bridgehead atoms. The molecule has 1 aromatic carbocycles. The largest absolute Gasteiger partial charge is 0.459 e. The van der Waals surface area contributed by atoms with Crippen molar-refractivity contribution >= 4 is 32.9 Å². The molecule has 2 aliphatic rings. The van der Waals surface area contributed by atoms with Gasteiger partial charge >= 0.3 is 0 Å². The van der Waals surface area contributed by atoms with E-state index >= 15 is 0 Å². The molecule has 0 amide bonds. The Labute approximate surface area is 177 Å². The number of rotatable bonds is 3. The van der Waals surface area contributed by atoms with Gasteiger partial charge < -0.3 is 9.32 Å². The predicted molar refractivity (Wildman–Crippen MR) is 117 cm³/mol. The number of benzene rings is 1. The van der Waals surface area contributed by atoms with Gasteiger partial charge in [0.15, 0.2) is 5.17 Å². The highest BCUT2D eigenvalue weighted by Crippen LogP contribution is 2.48. The van der Waals surface area contributed by atoms with Crippen molar-refractivity contribution in [1.29, 1.82) is 0 Å². The third kappa shape index (κ3) is 3.08. The molecule has 0 aliphatic carbocycles. The number of aryl methyl sites for hydroxylation is 1. The van der Waals surface area contributed by atoms with Gasteiger partial charge in [0.2, 0.25) is 0 Å². The summed E-state index contributed by atoms with van der Waals surface area (Å²) in [6, 6.07) is 16.5. The zero-order valence-electron chi connectivity index (χ0n) is 15.7. The molecule has 5 rings (SSSR count). The van der Waals surface area contributed by atoms with Crippen LogP contribution in [0.3, 0.4) is 0 Å². The summed E-state index contributed by atoms with van der Waals surface area (Å²) in [5, 5.41) is 1.63. The summed E-state index contributed by atoms with van der Waals surface area (Å²) in [6.45, 7) is 5.31. The molecular formula is C22H20BrN3OS. The molecule has 2 aromatic heterocycles. The van der Waals surface area contributed by atoms with Crippen molar-refractivity contribution in [1.82, 2.24) is 9.88 Å². The Balaban J connectivity index is 1.54. The molecule has 4 nitrogen and oxygen atoms in total. The fourth-order valence-corrected chi connectivity index (χ4v) is 5.68. The Morgan fingerprint density at radius 3 is 2.86 bits per heavy atom. The van der Waals surface area contributed by atoms with E-state index in [2.05, 4.69) is 76.1 Å². The molecule has 3 aromatic rings. The zero-order valence-corrected chi connectivity index (χ0v) is 18.1. The van der Waals surface area contributed by atoms with Crippen LogP contribution in [0.15, 0.2) is 68.6 Å². The van der Waals surface area contributed by atoms with Gasteiger partial charge in [0.25, 0.3) is 0 Å². The minimum atomic E-state index is -0.0448. The predicted octanol–water partition coefficient (Wildman–Crippen LogP) is 6.00. The highest BCUT2D eigenvalue weighted by Gasteiger charge is 2.45.